The van der Waals surface area contributed by atoms with E-state index in [0.717, 1.165) is 43.6 Å². The first-order valence-corrected chi connectivity index (χ1v) is 9.15. The normalized spacial score (nSPS) is 24.0. The Hall–Kier alpha value is -1.36. The number of hydrogen-bond acceptors (Lipinski definition) is 7. The van der Waals surface area contributed by atoms with Gasteiger partial charge in [0.15, 0.2) is 0 Å². The van der Waals surface area contributed by atoms with Crippen LogP contribution in [-0.2, 0) is 9.47 Å². The number of nitriles is 1. The molecule has 3 aliphatic rings. The summed E-state index contributed by atoms with van der Waals surface area (Å²) in [6.45, 7) is 6.37. The maximum absolute atomic E-state index is 9.85. The third kappa shape index (κ3) is 3.23. The minimum absolute atomic E-state index is 0.00376. The topological polar surface area (TPSA) is 45.5 Å². The molecule has 4 nitrogen and oxygen atoms in total. The first-order valence-electron chi connectivity index (χ1n) is 7.92. The van der Waals surface area contributed by atoms with Crippen LogP contribution in [0.3, 0.4) is 0 Å². The van der Waals surface area contributed by atoms with E-state index in [-0.39, 0.29) is 20.8 Å². The van der Waals surface area contributed by atoms with Gasteiger partial charge in [-0.2, -0.15) is 5.26 Å². The van der Waals surface area contributed by atoms with E-state index >= 15 is 0 Å². The molecular weight excluding hydrogens is 360 g/mol. The molecule has 0 aromatic carbocycles. The zero-order valence-corrected chi connectivity index (χ0v) is 16.1. The number of ether oxygens (including phenoxy) is 2. The summed E-state index contributed by atoms with van der Waals surface area (Å²) in [7, 11) is 0. The Labute approximate surface area is 158 Å². The van der Waals surface area contributed by atoms with Gasteiger partial charge in [-0.05, 0) is 61.1 Å². The van der Waals surface area contributed by atoms with Crippen LogP contribution in [0.25, 0.3) is 0 Å². The van der Waals surface area contributed by atoms with Gasteiger partial charge in [0.25, 0.3) is 0 Å². The predicted octanol–water partition coefficient (Wildman–Crippen LogP) is 3.96. The van der Waals surface area contributed by atoms with E-state index in [1.807, 2.05) is 0 Å². The highest BCUT2D eigenvalue weighted by molar-refractivity contribution is 7.83. The molecule has 0 aromatic rings. The van der Waals surface area contributed by atoms with Crippen LogP contribution in [0.1, 0.15) is 39.5 Å². The van der Waals surface area contributed by atoms with Gasteiger partial charge in [0.05, 0.1) is 11.1 Å². The number of likely N-dealkylation sites (tertiary alicyclic amines) is 1. The molecule has 7 heteroatoms. The fraction of sp³-hybridized carbons (Fsp3) is 0.529. The van der Waals surface area contributed by atoms with Crippen molar-refractivity contribution in [1.82, 2.24) is 4.90 Å². The summed E-state index contributed by atoms with van der Waals surface area (Å²) < 4.78 is 10.6. The summed E-state index contributed by atoms with van der Waals surface area (Å²) >= 11 is 15.6. The van der Waals surface area contributed by atoms with Gasteiger partial charge in [-0.3, -0.25) is 0 Å². The van der Waals surface area contributed by atoms with Gasteiger partial charge < -0.3 is 14.4 Å². The minimum Gasteiger partial charge on any atom is -0.405 e. The summed E-state index contributed by atoms with van der Waals surface area (Å²) in [5.74, 6) is 0. The molecule has 0 radical (unpaired) electrons. The van der Waals surface area contributed by atoms with Gasteiger partial charge in [-0.25, -0.2) is 0 Å². The van der Waals surface area contributed by atoms with Crippen molar-refractivity contribution in [2.75, 3.05) is 13.1 Å². The van der Waals surface area contributed by atoms with Gasteiger partial charge in [-0.15, -0.1) is 0 Å². The molecule has 2 heterocycles. The van der Waals surface area contributed by atoms with E-state index < -0.39 is 0 Å². The van der Waals surface area contributed by atoms with Crippen molar-refractivity contribution in [2.24, 2.45) is 5.41 Å². The lowest BCUT2D eigenvalue weighted by Crippen LogP contribution is -2.34. The number of rotatable bonds is 1. The maximum atomic E-state index is 9.85. The predicted molar refractivity (Wildman–Crippen MR) is 103 cm³/mol. The van der Waals surface area contributed by atoms with Crippen molar-refractivity contribution < 1.29 is 9.47 Å². The number of hydrogen-bond donors (Lipinski definition) is 0. The van der Waals surface area contributed by atoms with Gasteiger partial charge >= 0.3 is 5.24 Å². The monoisotopic (exact) mass is 378 g/mol. The molecule has 0 aromatic heterocycles. The van der Waals surface area contributed by atoms with Gasteiger partial charge in [-0.1, -0.05) is 13.8 Å². The summed E-state index contributed by atoms with van der Waals surface area (Å²) in [5, 5.41) is 10.2. The molecule has 2 fully saturated rings. The summed E-state index contributed by atoms with van der Waals surface area (Å²) in [4.78, 5) is 2.32. The van der Waals surface area contributed by atoms with Crippen molar-refractivity contribution in [1.29, 1.82) is 5.26 Å². The Bertz CT molecular complexity index is 715. The average Bonchev–Trinajstić information content (AvgIpc) is 2.98. The van der Waals surface area contributed by atoms with Crippen molar-refractivity contribution >= 4 is 52.0 Å². The third-order valence-electron chi connectivity index (χ3n) is 4.55. The Morgan fingerprint density at radius 2 is 1.62 bits per heavy atom. The van der Waals surface area contributed by atoms with E-state index in [1.54, 1.807) is 0 Å². The molecule has 1 aliphatic carbocycles. The first-order chi connectivity index (χ1) is 11.3. The maximum Gasteiger partial charge on any atom is 0.365 e. The summed E-state index contributed by atoms with van der Waals surface area (Å²) in [6.07, 6.45) is 3.88. The molecule has 0 N–H and O–H groups in total. The summed E-state index contributed by atoms with van der Waals surface area (Å²) in [6, 6.07) is 2.39. The van der Waals surface area contributed by atoms with Crippen LogP contribution in [0.15, 0.2) is 22.4 Å². The fourth-order valence-electron chi connectivity index (χ4n) is 3.55. The Morgan fingerprint density at radius 3 is 2.17 bits per heavy atom. The Morgan fingerprint density at radius 1 is 1.04 bits per heavy atom. The van der Waals surface area contributed by atoms with Crippen LogP contribution in [0, 0.1) is 16.7 Å². The SMILES string of the molecule is CC1(C)CC(=C2C(=S)OC(=S)OC2=S)C(C#N)=C(N2CCCC2)C1. The molecular formula is C17H18N2O2S3. The second kappa shape index (κ2) is 6.51. The molecule has 2 aliphatic heterocycles. The summed E-state index contributed by atoms with van der Waals surface area (Å²) in [5.41, 5.74) is 3.12. The molecule has 0 saturated carbocycles. The number of thiocarbonyl (C=S) groups is 3. The van der Waals surface area contributed by atoms with E-state index in [2.05, 4.69) is 24.8 Å². The van der Waals surface area contributed by atoms with Crippen molar-refractivity contribution in [2.45, 2.75) is 39.5 Å². The van der Waals surface area contributed by atoms with Crippen LogP contribution in [0.5, 0.6) is 0 Å². The highest BCUT2D eigenvalue weighted by Gasteiger charge is 2.38. The fourth-order valence-corrected chi connectivity index (χ4v) is 4.47. The lowest BCUT2D eigenvalue weighted by atomic mass is 9.72. The molecule has 0 amide bonds. The zero-order valence-electron chi connectivity index (χ0n) is 13.7. The molecule has 0 unspecified atom stereocenters. The molecule has 0 spiro atoms. The van der Waals surface area contributed by atoms with Crippen LogP contribution in [-0.4, -0.2) is 33.3 Å². The van der Waals surface area contributed by atoms with Crippen LogP contribution < -0.4 is 0 Å². The lowest BCUT2D eigenvalue weighted by molar-refractivity contribution is 0.286. The molecule has 24 heavy (non-hydrogen) atoms. The average molecular weight is 379 g/mol. The molecule has 0 bridgehead atoms. The molecule has 3 rings (SSSR count). The van der Waals surface area contributed by atoms with E-state index in [1.165, 1.54) is 0 Å². The zero-order chi connectivity index (χ0) is 17.5. The lowest BCUT2D eigenvalue weighted by Gasteiger charge is -2.38. The largest absolute Gasteiger partial charge is 0.405 e. The van der Waals surface area contributed by atoms with Crippen molar-refractivity contribution in [3.05, 3.63) is 22.4 Å². The van der Waals surface area contributed by atoms with E-state index in [0.29, 0.717) is 17.6 Å². The quantitative estimate of drug-likeness (QED) is 0.505. The Kier molecular flexibility index (Phi) is 4.73. The second-order valence-electron chi connectivity index (χ2n) is 7.03. The van der Waals surface area contributed by atoms with Gasteiger partial charge in [0, 0.05) is 31.0 Å². The highest BCUT2D eigenvalue weighted by Crippen LogP contribution is 2.45. The Balaban J connectivity index is 2.17. The van der Waals surface area contributed by atoms with Crippen molar-refractivity contribution in [3.8, 4) is 6.07 Å². The van der Waals surface area contributed by atoms with E-state index in [4.69, 9.17) is 46.1 Å². The van der Waals surface area contributed by atoms with E-state index in [9.17, 15) is 5.26 Å². The van der Waals surface area contributed by atoms with Gasteiger partial charge in [0.1, 0.15) is 6.07 Å². The number of nitrogens with zero attached hydrogens (tertiary/aromatic N) is 2. The highest BCUT2D eigenvalue weighted by atomic mass is 32.1. The smallest absolute Gasteiger partial charge is 0.365 e. The molecule has 0 atom stereocenters. The first kappa shape index (κ1) is 17.5. The van der Waals surface area contributed by atoms with Crippen LogP contribution in [0.2, 0.25) is 0 Å². The molecule has 126 valence electrons. The minimum atomic E-state index is -0.0772. The standard InChI is InChI=1S/C17H18N2O2S3/c1-17(2)7-10(13-14(22)20-16(24)21-15(13)23)11(9-18)12(8-17)19-5-3-4-6-19/h3-8H2,1-2H3. The van der Waals surface area contributed by atoms with Crippen LogP contribution in [0.4, 0.5) is 0 Å². The third-order valence-corrected chi connectivity index (χ3v) is 5.29. The van der Waals surface area contributed by atoms with Crippen LogP contribution >= 0.6 is 36.7 Å². The molecule has 2 saturated heterocycles. The second-order valence-corrected chi connectivity index (χ2v) is 8.10. The number of allylic oxidation sites excluding steroid dienone is 3. The van der Waals surface area contributed by atoms with Gasteiger partial charge in [0.2, 0.25) is 10.1 Å². The van der Waals surface area contributed by atoms with Crippen molar-refractivity contribution in [3.63, 3.8) is 0 Å².